The Labute approximate surface area is 247 Å². The number of hydrogen-bond acceptors (Lipinski definition) is 6. The zero-order valence-corrected chi connectivity index (χ0v) is 25.7. The molecule has 228 valence electrons. The molecule has 0 saturated heterocycles. The second-order valence-electron chi connectivity index (χ2n) is 12.1. The second-order valence-corrected chi connectivity index (χ2v) is 12.1. The van der Waals surface area contributed by atoms with E-state index in [2.05, 4.69) is 6.92 Å². The Hall–Kier alpha value is -2.45. The number of aliphatic hydroxyl groups is 1. The summed E-state index contributed by atoms with van der Waals surface area (Å²) in [5, 5.41) is 10.8. The fourth-order valence-corrected chi connectivity index (χ4v) is 5.24. The molecule has 0 aliphatic heterocycles. The molecule has 1 N–H and O–H groups in total. The van der Waals surface area contributed by atoms with Gasteiger partial charge in [-0.2, -0.15) is 0 Å². The maximum atomic E-state index is 13.3. The molecule has 0 aromatic heterocycles. The molecule has 5 unspecified atom stereocenters. The van der Waals surface area contributed by atoms with Gasteiger partial charge >= 0.3 is 6.09 Å². The fraction of sp³-hybridized carbons (Fsp3) is 0.618. The van der Waals surface area contributed by atoms with Crippen molar-refractivity contribution in [3.63, 3.8) is 0 Å². The molecular formula is C34H51NO6. The molecular weight excluding hydrogens is 518 g/mol. The van der Waals surface area contributed by atoms with Crippen LogP contribution < -0.4 is 0 Å². The minimum Gasteiger partial charge on any atom is -0.444 e. The van der Waals surface area contributed by atoms with Crippen molar-refractivity contribution in [3.05, 3.63) is 71.8 Å². The van der Waals surface area contributed by atoms with E-state index < -0.39 is 29.9 Å². The van der Waals surface area contributed by atoms with Crippen LogP contribution in [0.25, 0.3) is 0 Å². The summed E-state index contributed by atoms with van der Waals surface area (Å²) < 4.78 is 25.1. The summed E-state index contributed by atoms with van der Waals surface area (Å²) in [7, 11) is 1.73. The molecule has 1 saturated carbocycles. The van der Waals surface area contributed by atoms with Crippen molar-refractivity contribution < 1.29 is 28.8 Å². The predicted molar refractivity (Wildman–Crippen MR) is 162 cm³/mol. The van der Waals surface area contributed by atoms with Crippen LogP contribution in [0.1, 0.15) is 83.8 Å². The topological polar surface area (TPSA) is 77.5 Å². The Kier molecular flexibility index (Phi) is 13.6. The second kappa shape index (κ2) is 16.9. The van der Waals surface area contributed by atoms with Gasteiger partial charge in [0, 0.05) is 13.5 Å². The number of amides is 1. The summed E-state index contributed by atoms with van der Waals surface area (Å²) in [5.41, 5.74) is 1.47. The molecule has 2 aromatic carbocycles. The lowest BCUT2D eigenvalue weighted by atomic mass is 10.1. The highest BCUT2D eigenvalue weighted by atomic mass is 16.6. The van der Waals surface area contributed by atoms with Crippen LogP contribution in [0.5, 0.6) is 0 Å². The molecule has 3 rings (SSSR count). The molecule has 41 heavy (non-hydrogen) atoms. The Morgan fingerprint density at radius 1 is 0.878 bits per heavy atom. The lowest BCUT2D eigenvalue weighted by Gasteiger charge is -2.35. The third kappa shape index (κ3) is 11.4. The van der Waals surface area contributed by atoms with E-state index in [-0.39, 0.29) is 18.8 Å². The molecule has 0 spiro atoms. The molecule has 7 nitrogen and oxygen atoms in total. The Morgan fingerprint density at radius 3 is 2.00 bits per heavy atom. The zero-order valence-electron chi connectivity index (χ0n) is 25.7. The van der Waals surface area contributed by atoms with Gasteiger partial charge in [-0.25, -0.2) is 4.79 Å². The summed E-state index contributed by atoms with van der Waals surface area (Å²) in [4.78, 5) is 14.9. The third-order valence-corrected chi connectivity index (χ3v) is 7.41. The van der Waals surface area contributed by atoms with Crippen LogP contribution >= 0.6 is 0 Å². The third-order valence-electron chi connectivity index (χ3n) is 7.41. The first-order valence-corrected chi connectivity index (χ1v) is 15.2. The number of unbranched alkanes of at least 4 members (excludes halogenated alkanes) is 4. The van der Waals surface area contributed by atoms with E-state index in [1.165, 1.54) is 19.3 Å². The van der Waals surface area contributed by atoms with Crippen LogP contribution in [0.4, 0.5) is 4.79 Å². The lowest BCUT2D eigenvalue weighted by Crippen LogP contribution is -2.52. The standard InChI is InChI=1S/C34H51NO6/c1-6-7-8-9-16-21-28(36)25-40-32-30(39-24-27-19-14-11-15-20-27)22-29(38-23-26-17-12-10-13-18-26)31(32)35(5)33(37)41-34(2,3)4/h10-15,17-20,28-32,36H,6-9,16,21-25H2,1-5H3. The van der Waals surface area contributed by atoms with Gasteiger partial charge < -0.3 is 29.0 Å². The van der Waals surface area contributed by atoms with Gasteiger partial charge in [-0.15, -0.1) is 0 Å². The molecule has 0 bridgehead atoms. The van der Waals surface area contributed by atoms with Crippen molar-refractivity contribution >= 4 is 6.09 Å². The van der Waals surface area contributed by atoms with Gasteiger partial charge in [0.05, 0.1) is 44.2 Å². The largest absolute Gasteiger partial charge is 0.444 e. The smallest absolute Gasteiger partial charge is 0.410 e. The number of aliphatic hydroxyl groups excluding tert-OH is 1. The van der Waals surface area contributed by atoms with Gasteiger partial charge in [-0.1, -0.05) is 99.7 Å². The monoisotopic (exact) mass is 569 g/mol. The minimum atomic E-state index is -0.641. The van der Waals surface area contributed by atoms with Gasteiger partial charge in [-0.3, -0.25) is 0 Å². The Morgan fingerprint density at radius 2 is 1.44 bits per heavy atom. The number of likely N-dealkylation sites (N-methyl/N-ethyl adjacent to an activating group) is 1. The molecule has 0 radical (unpaired) electrons. The van der Waals surface area contributed by atoms with Crippen molar-refractivity contribution in [1.29, 1.82) is 0 Å². The van der Waals surface area contributed by atoms with Crippen LogP contribution in [0, 0.1) is 0 Å². The number of ether oxygens (including phenoxy) is 4. The lowest BCUT2D eigenvalue weighted by molar-refractivity contribution is -0.106. The van der Waals surface area contributed by atoms with Gasteiger partial charge in [0.25, 0.3) is 0 Å². The van der Waals surface area contributed by atoms with E-state index in [0.717, 1.165) is 24.0 Å². The van der Waals surface area contributed by atoms with Crippen LogP contribution in [0.2, 0.25) is 0 Å². The molecule has 1 aliphatic carbocycles. The summed E-state index contributed by atoms with van der Waals surface area (Å²) in [5.74, 6) is 0. The number of carbonyl (C=O) groups excluding carboxylic acids is 1. The zero-order chi connectivity index (χ0) is 29.7. The fourth-order valence-electron chi connectivity index (χ4n) is 5.24. The van der Waals surface area contributed by atoms with Crippen LogP contribution in [0.3, 0.4) is 0 Å². The first-order chi connectivity index (χ1) is 19.7. The highest BCUT2D eigenvalue weighted by molar-refractivity contribution is 5.68. The van der Waals surface area contributed by atoms with E-state index in [4.69, 9.17) is 18.9 Å². The van der Waals surface area contributed by atoms with E-state index in [1.54, 1.807) is 11.9 Å². The van der Waals surface area contributed by atoms with Crippen LogP contribution in [-0.4, -0.2) is 65.8 Å². The average molecular weight is 570 g/mol. The van der Waals surface area contributed by atoms with Crippen molar-refractivity contribution in [1.82, 2.24) is 4.90 Å². The van der Waals surface area contributed by atoms with Crippen molar-refractivity contribution in [3.8, 4) is 0 Å². The van der Waals surface area contributed by atoms with Gasteiger partial charge in [-0.05, 0) is 38.3 Å². The Bertz CT molecular complexity index is 995. The number of benzene rings is 2. The maximum Gasteiger partial charge on any atom is 0.410 e. The van der Waals surface area contributed by atoms with Crippen LogP contribution in [0.15, 0.2) is 60.7 Å². The van der Waals surface area contributed by atoms with Gasteiger partial charge in [0.15, 0.2) is 0 Å². The van der Waals surface area contributed by atoms with Crippen molar-refractivity contribution in [2.75, 3.05) is 13.7 Å². The van der Waals surface area contributed by atoms with E-state index in [1.807, 2.05) is 81.4 Å². The SMILES string of the molecule is CCCCCCCC(O)COC1C(OCc2ccccc2)CC(OCc2ccccc2)C1N(C)C(=O)OC(C)(C)C. The highest BCUT2D eigenvalue weighted by Crippen LogP contribution is 2.34. The molecule has 1 amide bonds. The van der Waals surface area contributed by atoms with E-state index in [9.17, 15) is 9.90 Å². The maximum absolute atomic E-state index is 13.3. The minimum absolute atomic E-state index is 0.174. The predicted octanol–water partition coefficient (Wildman–Crippen LogP) is 6.90. The summed E-state index contributed by atoms with van der Waals surface area (Å²) >= 11 is 0. The van der Waals surface area contributed by atoms with Crippen molar-refractivity contribution in [2.24, 2.45) is 0 Å². The molecule has 2 aromatic rings. The quantitative estimate of drug-likeness (QED) is 0.222. The van der Waals surface area contributed by atoms with E-state index >= 15 is 0 Å². The number of carbonyl (C=O) groups is 1. The molecule has 0 heterocycles. The van der Waals surface area contributed by atoms with Gasteiger partial charge in [0.2, 0.25) is 0 Å². The van der Waals surface area contributed by atoms with Crippen molar-refractivity contribution in [2.45, 2.75) is 122 Å². The molecule has 1 aliphatic rings. The molecule has 1 fully saturated rings. The average Bonchev–Trinajstić information content (AvgIpc) is 3.30. The number of nitrogens with zero attached hydrogens (tertiary/aromatic N) is 1. The summed E-state index contributed by atoms with van der Waals surface area (Å²) in [6, 6.07) is 19.6. The molecule has 5 atom stereocenters. The normalized spacial score (nSPS) is 21.5. The van der Waals surface area contributed by atoms with Gasteiger partial charge in [0.1, 0.15) is 11.7 Å². The number of hydrogen-bond donors (Lipinski definition) is 1. The number of rotatable bonds is 16. The summed E-state index contributed by atoms with van der Waals surface area (Å²) in [6.07, 6.45) is 4.72. The molecule has 7 heteroatoms. The van der Waals surface area contributed by atoms with E-state index in [0.29, 0.717) is 26.1 Å². The Balaban J connectivity index is 1.77. The summed E-state index contributed by atoms with van der Waals surface area (Å²) in [6.45, 7) is 8.76. The first kappa shape index (κ1) is 33.1. The first-order valence-electron chi connectivity index (χ1n) is 15.2. The van der Waals surface area contributed by atoms with Crippen LogP contribution in [-0.2, 0) is 32.2 Å². The highest BCUT2D eigenvalue weighted by Gasteiger charge is 2.49.